The van der Waals surface area contributed by atoms with Gasteiger partial charge in [-0.1, -0.05) is 72.8 Å². The minimum absolute atomic E-state index is 0.870. The van der Waals surface area contributed by atoms with Crippen molar-refractivity contribution in [2.45, 2.75) is 13.3 Å². The van der Waals surface area contributed by atoms with Crippen molar-refractivity contribution in [3.63, 3.8) is 0 Å². The van der Waals surface area contributed by atoms with E-state index in [1.807, 2.05) is 24.3 Å². The number of H-pyrrole nitrogens is 1. The second-order valence-corrected chi connectivity index (χ2v) is 5.89. The summed E-state index contributed by atoms with van der Waals surface area (Å²) in [6.45, 7) is 2.19. The second kappa shape index (κ2) is 6.73. The van der Waals surface area contributed by atoms with Crippen LogP contribution in [-0.2, 0) is 0 Å². The van der Waals surface area contributed by atoms with Gasteiger partial charge in [0.25, 0.3) is 0 Å². The Bertz CT molecular complexity index is 1010. The molecule has 1 radical (unpaired) electrons. The topological polar surface area (TPSA) is 41.6 Å². The van der Waals surface area contributed by atoms with Crippen LogP contribution >= 0.6 is 0 Å². The summed E-state index contributed by atoms with van der Waals surface area (Å²) < 4.78 is 0. The molecule has 0 aliphatic rings. The summed E-state index contributed by atoms with van der Waals surface area (Å²) in [4.78, 5) is 0. The predicted molar refractivity (Wildman–Crippen MR) is 102 cm³/mol. The highest BCUT2D eigenvalue weighted by Gasteiger charge is 2.14. The molecule has 0 bridgehead atoms. The molecule has 0 aliphatic carbocycles. The first-order valence-electron chi connectivity index (χ1n) is 8.43. The van der Waals surface area contributed by atoms with Crippen molar-refractivity contribution in [2.24, 2.45) is 0 Å². The molecule has 4 rings (SSSR count). The fourth-order valence-corrected chi connectivity index (χ4v) is 3.20. The Balaban J connectivity index is 2.00. The third kappa shape index (κ3) is 2.96. The average Bonchev–Trinajstić information content (AvgIpc) is 3.15. The van der Waals surface area contributed by atoms with Crippen molar-refractivity contribution >= 4 is 22.2 Å². The van der Waals surface area contributed by atoms with Gasteiger partial charge in [0, 0.05) is 0 Å². The summed E-state index contributed by atoms with van der Waals surface area (Å²) in [5, 5.41) is 11.0. The molecule has 0 spiro atoms. The van der Waals surface area contributed by atoms with Crippen LogP contribution in [0.15, 0.2) is 72.8 Å². The Kier molecular flexibility index (Phi) is 4.13. The number of hydrogen-bond acceptors (Lipinski definition) is 2. The lowest BCUT2D eigenvalue weighted by atomic mass is 9.88. The molecule has 0 saturated heterocycles. The lowest BCUT2D eigenvalue weighted by Crippen LogP contribution is -1.95. The van der Waals surface area contributed by atoms with Gasteiger partial charge in [0.2, 0.25) is 0 Å². The molecule has 0 fully saturated rings. The first-order valence-corrected chi connectivity index (χ1v) is 8.43. The number of nitrogens with zero attached hydrogens (tertiary/aromatic N) is 2. The van der Waals surface area contributed by atoms with Crippen LogP contribution in [0.4, 0.5) is 0 Å². The van der Waals surface area contributed by atoms with E-state index in [0.717, 1.165) is 28.6 Å². The molecule has 4 aromatic rings. The largest absolute Gasteiger partial charge is 0.258 e. The van der Waals surface area contributed by atoms with Gasteiger partial charge in [-0.05, 0) is 52.5 Å². The molecule has 0 unspecified atom stereocenters. The van der Waals surface area contributed by atoms with Crippen LogP contribution in [0, 0.1) is 6.07 Å². The van der Waals surface area contributed by atoms with E-state index >= 15 is 0 Å². The van der Waals surface area contributed by atoms with E-state index < -0.39 is 0 Å². The molecule has 25 heavy (non-hydrogen) atoms. The van der Waals surface area contributed by atoms with E-state index in [2.05, 4.69) is 76.9 Å². The Morgan fingerprint density at radius 3 is 2.56 bits per heavy atom. The third-order valence-electron chi connectivity index (χ3n) is 4.37. The van der Waals surface area contributed by atoms with E-state index in [-0.39, 0.29) is 0 Å². The van der Waals surface area contributed by atoms with Gasteiger partial charge < -0.3 is 0 Å². The molecular formula is C22H18N3. The standard InChI is InChI=1S/C22H18N3/c1-2-19(16-9-5-3-6-10-16)22(17-11-7-4-8-12-17)18-13-14-20-21(15-18)24-25-23-20/h3-11,13-15H,2H2,1H3,(H,23,24,25)/b22-19+. The Morgan fingerprint density at radius 2 is 1.80 bits per heavy atom. The first-order chi connectivity index (χ1) is 12.4. The van der Waals surface area contributed by atoms with Gasteiger partial charge >= 0.3 is 0 Å². The van der Waals surface area contributed by atoms with Gasteiger partial charge in [-0.25, -0.2) is 0 Å². The molecule has 3 heteroatoms. The number of aromatic nitrogens is 3. The Labute approximate surface area is 147 Å². The van der Waals surface area contributed by atoms with Gasteiger partial charge in [0.05, 0.1) is 5.52 Å². The van der Waals surface area contributed by atoms with Gasteiger partial charge in [-0.3, -0.25) is 5.10 Å². The lowest BCUT2D eigenvalue weighted by Gasteiger charge is -2.16. The summed E-state index contributed by atoms with van der Waals surface area (Å²) in [7, 11) is 0. The third-order valence-corrected chi connectivity index (χ3v) is 4.37. The zero-order valence-electron chi connectivity index (χ0n) is 14.0. The van der Waals surface area contributed by atoms with E-state index in [4.69, 9.17) is 0 Å². The normalized spacial score (nSPS) is 12.2. The van der Waals surface area contributed by atoms with Gasteiger partial charge in [0.1, 0.15) is 5.52 Å². The number of benzene rings is 3. The van der Waals surface area contributed by atoms with Crippen molar-refractivity contribution in [2.75, 3.05) is 0 Å². The van der Waals surface area contributed by atoms with Crippen LogP contribution in [-0.4, -0.2) is 15.4 Å². The van der Waals surface area contributed by atoms with Crippen molar-refractivity contribution in [1.29, 1.82) is 0 Å². The maximum Gasteiger partial charge on any atom is 0.113 e. The zero-order valence-corrected chi connectivity index (χ0v) is 14.0. The first kappa shape index (κ1) is 15.3. The summed E-state index contributed by atoms with van der Waals surface area (Å²) in [6, 6.07) is 28.3. The number of hydrogen-bond donors (Lipinski definition) is 1. The molecule has 0 aliphatic heterocycles. The highest BCUT2D eigenvalue weighted by molar-refractivity contribution is 5.99. The quantitative estimate of drug-likeness (QED) is 0.529. The minimum atomic E-state index is 0.870. The fourth-order valence-electron chi connectivity index (χ4n) is 3.20. The van der Waals surface area contributed by atoms with Crippen LogP contribution in [0.25, 0.3) is 22.2 Å². The number of rotatable bonds is 4. The Morgan fingerprint density at radius 1 is 0.960 bits per heavy atom. The van der Waals surface area contributed by atoms with Crippen LogP contribution in [0.2, 0.25) is 0 Å². The molecule has 0 atom stereocenters. The number of allylic oxidation sites excluding steroid dienone is 1. The molecule has 3 nitrogen and oxygen atoms in total. The summed E-state index contributed by atoms with van der Waals surface area (Å²) >= 11 is 0. The lowest BCUT2D eigenvalue weighted by molar-refractivity contribution is 0.959. The SMILES string of the molecule is CC/C(=C(/c1[c]cccc1)c1ccc2[nH]nnc2c1)c1ccccc1. The highest BCUT2D eigenvalue weighted by atomic mass is 15.3. The second-order valence-electron chi connectivity index (χ2n) is 5.89. The van der Waals surface area contributed by atoms with Crippen LogP contribution in [0.5, 0.6) is 0 Å². The number of fused-ring (bicyclic) bond motifs is 1. The molecule has 3 aromatic carbocycles. The average molecular weight is 324 g/mol. The van der Waals surface area contributed by atoms with Crippen LogP contribution in [0.3, 0.4) is 0 Å². The van der Waals surface area contributed by atoms with Crippen LogP contribution < -0.4 is 0 Å². The monoisotopic (exact) mass is 324 g/mol. The van der Waals surface area contributed by atoms with E-state index in [9.17, 15) is 0 Å². The summed E-state index contributed by atoms with van der Waals surface area (Å²) in [5.74, 6) is 0. The smallest absolute Gasteiger partial charge is 0.113 e. The molecule has 0 saturated carbocycles. The van der Waals surface area contributed by atoms with Crippen molar-refractivity contribution in [3.8, 4) is 0 Å². The van der Waals surface area contributed by atoms with E-state index in [1.54, 1.807) is 0 Å². The van der Waals surface area contributed by atoms with Crippen LogP contribution in [0.1, 0.15) is 30.0 Å². The minimum Gasteiger partial charge on any atom is -0.258 e. The molecule has 1 aromatic heterocycles. The van der Waals surface area contributed by atoms with Gasteiger partial charge in [-0.15, -0.1) is 5.10 Å². The zero-order chi connectivity index (χ0) is 17.1. The number of nitrogens with one attached hydrogen (secondary N) is 1. The maximum absolute atomic E-state index is 4.17. The molecule has 121 valence electrons. The highest BCUT2D eigenvalue weighted by Crippen LogP contribution is 2.34. The maximum atomic E-state index is 4.17. The van der Waals surface area contributed by atoms with E-state index in [0.29, 0.717) is 0 Å². The predicted octanol–water partition coefficient (Wildman–Crippen LogP) is 5.13. The summed E-state index contributed by atoms with van der Waals surface area (Å²) in [6.07, 6.45) is 0.929. The van der Waals surface area contributed by atoms with Crippen molar-refractivity contribution in [3.05, 3.63) is 95.6 Å². The van der Waals surface area contributed by atoms with Gasteiger partial charge in [-0.2, -0.15) is 0 Å². The number of aromatic amines is 1. The van der Waals surface area contributed by atoms with Crippen molar-refractivity contribution < 1.29 is 0 Å². The molecular weight excluding hydrogens is 306 g/mol. The van der Waals surface area contributed by atoms with E-state index in [1.165, 1.54) is 16.7 Å². The fraction of sp³-hybridized carbons (Fsp3) is 0.0909. The molecule has 1 N–H and O–H groups in total. The van der Waals surface area contributed by atoms with Crippen molar-refractivity contribution in [1.82, 2.24) is 15.4 Å². The molecule has 0 amide bonds. The Hall–Kier alpha value is -3.20. The van der Waals surface area contributed by atoms with Gasteiger partial charge in [0.15, 0.2) is 0 Å². The molecule has 1 heterocycles. The summed E-state index contributed by atoms with van der Waals surface area (Å²) in [5.41, 5.74) is 7.76.